The van der Waals surface area contributed by atoms with Crippen molar-refractivity contribution >= 4 is 52.2 Å². The Morgan fingerprint density at radius 3 is 2.60 bits per heavy atom. The molecule has 1 heterocycles. The van der Waals surface area contributed by atoms with Crippen LogP contribution in [0.4, 0.5) is 4.79 Å². The highest BCUT2D eigenvalue weighted by Crippen LogP contribution is 2.35. The van der Waals surface area contributed by atoms with Gasteiger partial charge in [0.1, 0.15) is 5.75 Å². The van der Waals surface area contributed by atoms with Crippen LogP contribution < -0.4 is 4.74 Å². The van der Waals surface area contributed by atoms with E-state index in [2.05, 4.69) is 0 Å². The lowest BCUT2D eigenvalue weighted by molar-refractivity contribution is -0.123. The molecular weight excluding hydrogens is 381 g/mol. The zero-order valence-electron chi connectivity index (χ0n) is 13.2. The highest BCUT2D eigenvalue weighted by Gasteiger charge is 2.35. The third-order valence-corrected chi connectivity index (χ3v) is 5.27. The van der Waals surface area contributed by atoms with E-state index >= 15 is 0 Å². The van der Waals surface area contributed by atoms with E-state index in [1.165, 1.54) is 4.90 Å². The summed E-state index contributed by atoms with van der Waals surface area (Å²) in [6.45, 7) is 0.144. The van der Waals surface area contributed by atoms with Gasteiger partial charge in [0.2, 0.25) is 0 Å². The molecule has 1 fully saturated rings. The molecule has 25 heavy (non-hydrogen) atoms. The van der Waals surface area contributed by atoms with Crippen molar-refractivity contribution in [3.05, 3.63) is 68.5 Å². The van der Waals surface area contributed by atoms with Crippen LogP contribution in [0.1, 0.15) is 11.1 Å². The van der Waals surface area contributed by atoms with Crippen LogP contribution in [0.3, 0.4) is 0 Å². The van der Waals surface area contributed by atoms with Crippen molar-refractivity contribution in [3.8, 4) is 5.75 Å². The minimum Gasteiger partial charge on any atom is -0.496 e. The van der Waals surface area contributed by atoms with Crippen molar-refractivity contribution in [2.24, 2.45) is 0 Å². The molecule has 7 heteroatoms. The van der Waals surface area contributed by atoms with Crippen LogP contribution in [0.5, 0.6) is 5.75 Å². The number of benzene rings is 2. The molecule has 4 nitrogen and oxygen atoms in total. The van der Waals surface area contributed by atoms with E-state index in [0.717, 1.165) is 22.9 Å². The summed E-state index contributed by atoms with van der Waals surface area (Å²) in [4.78, 5) is 26.4. The number of hydrogen-bond acceptors (Lipinski definition) is 4. The monoisotopic (exact) mass is 393 g/mol. The Kier molecular flexibility index (Phi) is 5.37. The van der Waals surface area contributed by atoms with Gasteiger partial charge in [0.15, 0.2) is 0 Å². The fourth-order valence-corrected chi connectivity index (χ4v) is 3.53. The number of thioether (sulfide) groups is 1. The van der Waals surface area contributed by atoms with Crippen LogP contribution in [0, 0.1) is 0 Å². The molecule has 0 aliphatic carbocycles. The summed E-state index contributed by atoms with van der Waals surface area (Å²) < 4.78 is 5.27. The maximum atomic E-state index is 12.6. The Labute approximate surface area is 159 Å². The molecule has 2 amide bonds. The van der Waals surface area contributed by atoms with Gasteiger partial charge in [-0.05, 0) is 41.6 Å². The quantitative estimate of drug-likeness (QED) is 0.666. The molecule has 2 aromatic rings. The van der Waals surface area contributed by atoms with Crippen molar-refractivity contribution in [2.45, 2.75) is 6.54 Å². The van der Waals surface area contributed by atoms with E-state index in [0.29, 0.717) is 20.7 Å². The standard InChI is InChI=1S/C18H13Cl2NO3S/c1-24-15-5-3-2-4-12(15)9-16-17(22)21(18(23)25-16)10-11-6-7-13(19)14(20)8-11/h2-9H,10H2,1H3/b16-9-. The second kappa shape index (κ2) is 7.52. The van der Waals surface area contributed by atoms with Gasteiger partial charge in [-0.25, -0.2) is 0 Å². The summed E-state index contributed by atoms with van der Waals surface area (Å²) in [5.41, 5.74) is 1.47. The first-order valence-electron chi connectivity index (χ1n) is 7.32. The van der Waals surface area contributed by atoms with E-state index < -0.39 is 0 Å². The summed E-state index contributed by atoms with van der Waals surface area (Å²) in [6.07, 6.45) is 1.67. The third-order valence-electron chi connectivity index (χ3n) is 3.62. The molecule has 0 radical (unpaired) electrons. The van der Waals surface area contributed by atoms with E-state index in [4.69, 9.17) is 27.9 Å². The Bertz CT molecular complexity index is 882. The number of halogens is 2. The lowest BCUT2D eigenvalue weighted by atomic mass is 10.1. The lowest BCUT2D eigenvalue weighted by Gasteiger charge is -2.13. The Hall–Kier alpha value is -1.95. The third kappa shape index (κ3) is 3.84. The van der Waals surface area contributed by atoms with Crippen molar-refractivity contribution in [2.75, 3.05) is 7.11 Å². The number of imide groups is 1. The van der Waals surface area contributed by atoms with Gasteiger partial charge >= 0.3 is 0 Å². The molecule has 0 atom stereocenters. The number of rotatable bonds is 4. The first-order valence-corrected chi connectivity index (χ1v) is 8.89. The number of hydrogen-bond donors (Lipinski definition) is 0. The molecule has 3 rings (SSSR count). The minimum atomic E-state index is -0.341. The van der Waals surface area contributed by atoms with Gasteiger partial charge in [-0.1, -0.05) is 47.5 Å². The van der Waals surface area contributed by atoms with Crippen molar-refractivity contribution < 1.29 is 14.3 Å². The number of methoxy groups -OCH3 is 1. The normalized spacial score (nSPS) is 16.0. The zero-order valence-corrected chi connectivity index (χ0v) is 15.5. The second-order valence-electron chi connectivity index (χ2n) is 5.26. The topological polar surface area (TPSA) is 46.6 Å². The number of carbonyl (C=O) groups excluding carboxylic acids is 2. The first-order chi connectivity index (χ1) is 12.0. The van der Waals surface area contributed by atoms with Gasteiger partial charge in [0.05, 0.1) is 28.6 Å². The summed E-state index contributed by atoms with van der Waals surface area (Å²) in [7, 11) is 1.56. The molecule has 1 aliphatic heterocycles. The van der Waals surface area contributed by atoms with Crippen LogP contribution in [0.15, 0.2) is 47.4 Å². The predicted octanol–water partition coefficient (Wildman–Crippen LogP) is 5.24. The van der Waals surface area contributed by atoms with Crippen LogP contribution in [-0.2, 0) is 11.3 Å². The average Bonchev–Trinajstić information content (AvgIpc) is 2.86. The van der Waals surface area contributed by atoms with Gasteiger partial charge in [-0.15, -0.1) is 0 Å². The molecule has 0 saturated carbocycles. The molecule has 0 unspecified atom stereocenters. The predicted molar refractivity (Wildman–Crippen MR) is 101 cm³/mol. The van der Waals surface area contributed by atoms with E-state index in [1.54, 1.807) is 37.5 Å². The highest BCUT2D eigenvalue weighted by atomic mass is 35.5. The number of para-hydroxylation sites is 1. The SMILES string of the molecule is COc1ccccc1/C=C1\SC(=O)N(Cc2ccc(Cl)c(Cl)c2)C1=O. The van der Waals surface area contributed by atoms with E-state index in [9.17, 15) is 9.59 Å². The van der Waals surface area contributed by atoms with Crippen LogP contribution in [0.25, 0.3) is 6.08 Å². The van der Waals surface area contributed by atoms with Crippen molar-refractivity contribution in [1.29, 1.82) is 0 Å². The molecular formula is C18H13Cl2NO3S. The number of nitrogens with zero attached hydrogens (tertiary/aromatic N) is 1. The smallest absolute Gasteiger partial charge is 0.293 e. The molecule has 0 bridgehead atoms. The van der Waals surface area contributed by atoms with Crippen LogP contribution >= 0.6 is 35.0 Å². The Morgan fingerprint density at radius 1 is 1.12 bits per heavy atom. The fraction of sp³-hybridized carbons (Fsp3) is 0.111. The van der Waals surface area contributed by atoms with Gasteiger partial charge in [0.25, 0.3) is 11.1 Å². The van der Waals surface area contributed by atoms with Gasteiger partial charge in [-0.2, -0.15) is 0 Å². The number of ether oxygens (including phenoxy) is 1. The Morgan fingerprint density at radius 2 is 1.88 bits per heavy atom. The van der Waals surface area contributed by atoms with Gasteiger partial charge in [-0.3, -0.25) is 14.5 Å². The molecule has 0 aromatic heterocycles. The number of amides is 2. The van der Waals surface area contributed by atoms with E-state index in [1.807, 2.05) is 18.2 Å². The summed E-state index contributed by atoms with van der Waals surface area (Å²) in [5.74, 6) is 0.297. The summed E-state index contributed by atoms with van der Waals surface area (Å²) >= 11 is 12.8. The molecule has 0 spiro atoms. The van der Waals surface area contributed by atoms with E-state index in [-0.39, 0.29) is 17.7 Å². The van der Waals surface area contributed by atoms with Gasteiger partial charge < -0.3 is 4.74 Å². The summed E-state index contributed by atoms with van der Waals surface area (Å²) in [5, 5.41) is 0.489. The summed E-state index contributed by atoms with van der Waals surface area (Å²) in [6, 6.07) is 12.3. The lowest BCUT2D eigenvalue weighted by Crippen LogP contribution is -2.27. The van der Waals surface area contributed by atoms with Crippen molar-refractivity contribution in [3.63, 3.8) is 0 Å². The molecule has 1 aliphatic rings. The average molecular weight is 394 g/mol. The highest BCUT2D eigenvalue weighted by molar-refractivity contribution is 8.18. The van der Waals surface area contributed by atoms with Crippen LogP contribution in [-0.4, -0.2) is 23.2 Å². The minimum absolute atomic E-state index is 0.144. The molecule has 128 valence electrons. The first kappa shape index (κ1) is 17.9. The largest absolute Gasteiger partial charge is 0.496 e. The molecule has 0 N–H and O–H groups in total. The molecule has 1 saturated heterocycles. The zero-order chi connectivity index (χ0) is 18.0. The molecule has 2 aromatic carbocycles. The maximum absolute atomic E-state index is 12.6. The number of carbonyl (C=O) groups is 2. The Balaban J connectivity index is 1.84. The maximum Gasteiger partial charge on any atom is 0.293 e. The van der Waals surface area contributed by atoms with Gasteiger partial charge in [0, 0.05) is 5.56 Å². The van der Waals surface area contributed by atoms with Crippen molar-refractivity contribution in [1.82, 2.24) is 4.90 Å². The van der Waals surface area contributed by atoms with Crippen LogP contribution in [0.2, 0.25) is 10.0 Å². The second-order valence-corrected chi connectivity index (χ2v) is 7.07. The fourth-order valence-electron chi connectivity index (χ4n) is 2.38.